The van der Waals surface area contributed by atoms with Gasteiger partial charge in [-0.1, -0.05) is 48.6 Å². The Morgan fingerprint density at radius 1 is 1.17 bits per heavy atom. The second-order valence-electron chi connectivity index (χ2n) is 7.45. The van der Waals surface area contributed by atoms with Crippen molar-refractivity contribution in [1.82, 2.24) is 4.90 Å². The molecular formula is C25H21NO3S. The summed E-state index contributed by atoms with van der Waals surface area (Å²) in [5.41, 5.74) is 3.55. The lowest BCUT2D eigenvalue weighted by Crippen LogP contribution is -2.31. The van der Waals surface area contributed by atoms with Crippen LogP contribution in [0.5, 0.6) is 11.5 Å². The first-order valence-electron chi connectivity index (χ1n) is 9.89. The number of allylic oxidation sites excluding steroid dienone is 3. The zero-order valence-electron chi connectivity index (χ0n) is 16.6. The Labute approximate surface area is 179 Å². The number of hydrogen-bond donors (Lipinski definition) is 0. The Bertz CT molecular complexity index is 1150. The number of rotatable bonds is 4. The Hall–Kier alpha value is -3.15. The molecule has 0 unspecified atom stereocenters. The second-order valence-corrected chi connectivity index (χ2v) is 8.48. The largest absolute Gasteiger partial charge is 0.478 e. The van der Waals surface area contributed by atoms with Gasteiger partial charge in [0.05, 0.1) is 11.1 Å². The van der Waals surface area contributed by atoms with Gasteiger partial charge in [0.25, 0.3) is 0 Å². The highest BCUT2D eigenvalue weighted by atomic mass is 32.1. The van der Waals surface area contributed by atoms with E-state index in [0.29, 0.717) is 30.3 Å². The van der Waals surface area contributed by atoms with Crippen LogP contribution in [-0.2, 0) is 13.1 Å². The third-order valence-corrected chi connectivity index (χ3v) is 6.14. The number of aryl methyl sites for hydroxylation is 1. The molecule has 0 aliphatic carbocycles. The van der Waals surface area contributed by atoms with Gasteiger partial charge in [-0.05, 0) is 41.6 Å². The van der Waals surface area contributed by atoms with Crippen molar-refractivity contribution in [3.8, 4) is 11.5 Å². The second kappa shape index (κ2) is 7.94. The van der Waals surface area contributed by atoms with Gasteiger partial charge in [-0.15, -0.1) is 11.3 Å². The summed E-state index contributed by atoms with van der Waals surface area (Å²) in [7, 11) is 0. The summed E-state index contributed by atoms with van der Waals surface area (Å²) >= 11 is 1.73. The van der Waals surface area contributed by atoms with Crippen LogP contribution in [0.2, 0.25) is 0 Å². The minimum atomic E-state index is -0.0709. The summed E-state index contributed by atoms with van der Waals surface area (Å²) in [4.78, 5) is 16.5. The molecule has 5 heteroatoms. The van der Waals surface area contributed by atoms with E-state index in [9.17, 15) is 4.79 Å². The molecule has 0 spiro atoms. The fourth-order valence-electron chi connectivity index (χ4n) is 3.83. The van der Waals surface area contributed by atoms with Crippen LogP contribution in [-0.4, -0.2) is 17.4 Å². The van der Waals surface area contributed by atoms with Crippen molar-refractivity contribution in [3.63, 3.8) is 0 Å². The summed E-state index contributed by atoms with van der Waals surface area (Å²) < 4.78 is 12.1. The van der Waals surface area contributed by atoms with E-state index in [4.69, 9.17) is 9.47 Å². The first-order chi connectivity index (χ1) is 14.7. The van der Waals surface area contributed by atoms with Crippen LogP contribution in [0.25, 0.3) is 6.08 Å². The number of hydrogen-bond acceptors (Lipinski definition) is 5. The maximum atomic E-state index is 13.0. The molecule has 0 atom stereocenters. The van der Waals surface area contributed by atoms with Crippen molar-refractivity contribution >= 4 is 23.2 Å². The van der Waals surface area contributed by atoms with E-state index in [0.717, 1.165) is 29.0 Å². The molecule has 0 saturated carbocycles. The lowest BCUT2D eigenvalue weighted by Gasteiger charge is -2.29. The summed E-state index contributed by atoms with van der Waals surface area (Å²) in [5, 5.41) is 2.08. The number of ether oxygens (including phenoxy) is 2. The number of thiophene rings is 1. The smallest absolute Gasteiger partial charge is 0.232 e. The minimum absolute atomic E-state index is 0.0709. The van der Waals surface area contributed by atoms with Crippen LogP contribution < -0.4 is 9.47 Å². The first kappa shape index (κ1) is 18.9. The molecular weight excluding hydrogens is 394 g/mol. The number of Topliss-reactive ketones (excluding diaryl/α,β-unsaturated/α-hetero) is 1. The molecule has 0 bridgehead atoms. The van der Waals surface area contributed by atoms with E-state index >= 15 is 0 Å². The SMILES string of the molecule is Cc1cc2c(c3c1C(=O)/C(=C/C=C/c1ccccc1)O3)CN(Cc1cccs1)CO2. The van der Waals surface area contributed by atoms with Crippen LogP contribution in [0, 0.1) is 6.92 Å². The monoisotopic (exact) mass is 415 g/mol. The standard InChI is InChI=1S/C25H21NO3S/c1-17-13-22-20(15-26(16-28-22)14-19-10-6-12-30-19)25-23(17)24(27)21(29-25)11-5-9-18-7-3-2-4-8-18/h2-13H,14-16H2,1H3/b9-5+,21-11-. The third kappa shape index (κ3) is 3.58. The molecule has 2 aliphatic rings. The van der Waals surface area contributed by atoms with Crippen LogP contribution in [0.15, 0.2) is 71.8 Å². The number of benzene rings is 2. The van der Waals surface area contributed by atoms with E-state index in [2.05, 4.69) is 22.4 Å². The molecule has 0 fully saturated rings. The summed E-state index contributed by atoms with van der Waals surface area (Å²) in [6, 6.07) is 16.1. The number of carbonyl (C=O) groups is 1. The number of carbonyl (C=O) groups excluding carboxylic acids is 1. The van der Waals surface area contributed by atoms with E-state index in [-0.39, 0.29) is 5.78 Å². The summed E-state index contributed by atoms with van der Waals surface area (Å²) in [6.07, 6.45) is 5.56. The quantitative estimate of drug-likeness (QED) is 0.522. The third-order valence-electron chi connectivity index (χ3n) is 5.28. The van der Waals surface area contributed by atoms with E-state index in [1.807, 2.05) is 55.5 Å². The van der Waals surface area contributed by atoms with Gasteiger partial charge in [0, 0.05) is 18.0 Å². The molecule has 0 amide bonds. The predicted molar refractivity (Wildman–Crippen MR) is 119 cm³/mol. The molecule has 4 nitrogen and oxygen atoms in total. The molecule has 0 saturated heterocycles. The molecule has 3 aromatic rings. The molecule has 0 N–H and O–H groups in total. The zero-order chi connectivity index (χ0) is 20.5. The molecule has 30 heavy (non-hydrogen) atoms. The average molecular weight is 416 g/mol. The molecule has 5 rings (SSSR count). The highest BCUT2D eigenvalue weighted by molar-refractivity contribution is 7.09. The number of nitrogens with zero attached hydrogens (tertiary/aromatic N) is 1. The predicted octanol–water partition coefficient (Wildman–Crippen LogP) is 5.58. The minimum Gasteiger partial charge on any atom is -0.478 e. The van der Waals surface area contributed by atoms with Gasteiger partial charge in [0.1, 0.15) is 18.2 Å². The lowest BCUT2D eigenvalue weighted by atomic mass is 9.99. The summed E-state index contributed by atoms with van der Waals surface area (Å²) in [6.45, 7) is 3.97. The fraction of sp³-hybridized carbons (Fsp3) is 0.160. The summed E-state index contributed by atoms with van der Waals surface area (Å²) in [5.74, 6) is 1.73. The maximum absolute atomic E-state index is 13.0. The Morgan fingerprint density at radius 3 is 2.83 bits per heavy atom. The van der Waals surface area contributed by atoms with Gasteiger partial charge in [-0.2, -0.15) is 0 Å². The van der Waals surface area contributed by atoms with Gasteiger partial charge in [0.15, 0.2) is 5.76 Å². The highest BCUT2D eigenvalue weighted by Gasteiger charge is 2.35. The van der Waals surface area contributed by atoms with E-state index in [1.54, 1.807) is 17.4 Å². The number of ketones is 1. The zero-order valence-corrected chi connectivity index (χ0v) is 17.4. The van der Waals surface area contributed by atoms with Crippen molar-refractivity contribution in [2.75, 3.05) is 6.73 Å². The van der Waals surface area contributed by atoms with Crippen LogP contribution >= 0.6 is 11.3 Å². The fourth-order valence-corrected chi connectivity index (χ4v) is 4.57. The van der Waals surface area contributed by atoms with E-state index < -0.39 is 0 Å². The van der Waals surface area contributed by atoms with Crippen molar-refractivity contribution in [2.24, 2.45) is 0 Å². The Balaban J connectivity index is 1.42. The van der Waals surface area contributed by atoms with Crippen LogP contribution in [0.1, 0.15) is 31.9 Å². The van der Waals surface area contributed by atoms with Crippen LogP contribution in [0.4, 0.5) is 0 Å². The Morgan fingerprint density at radius 2 is 2.03 bits per heavy atom. The van der Waals surface area contributed by atoms with Crippen molar-refractivity contribution < 1.29 is 14.3 Å². The van der Waals surface area contributed by atoms with Gasteiger partial charge >= 0.3 is 0 Å². The van der Waals surface area contributed by atoms with E-state index in [1.165, 1.54) is 4.88 Å². The Kier molecular flexibility index (Phi) is 4.99. The van der Waals surface area contributed by atoms with Gasteiger partial charge in [-0.25, -0.2) is 0 Å². The highest BCUT2D eigenvalue weighted by Crippen LogP contribution is 2.43. The molecule has 0 radical (unpaired) electrons. The normalized spacial score (nSPS) is 17.1. The molecule has 2 aromatic carbocycles. The topological polar surface area (TPSA) is 38.8 Å². The first-order valence-corrected chi connectivity index (χ1v) is 10.8. The molecule has 3 heterocycles. The number of fused-ring (bicyclic) bond motifs is 3. The molecule has 1 aromatic heterocycles. The van der Waals surface area contributed by atoms with Crippen molar-refractivity contribution in [3.05, 3.63) is 99.0 Å². The average Bonchev–Trinajstić information content (AvgIpc) is 3.38. The van der Waals surface area contributed by atoms with Crippen molar-refractivity contribution in [1.29, 1.82) is 0 Å². The molecule has 2 aliphatic heterocycles. The van der Waals surface area contributed by atoms with Crippen LogP contribution in [0.3, 0.4) is 0 Å². The van der Waals surface area contributed by atoms with Crippen molar-refractivity contribution in [2.45, 2.75) is 20.0 Å². The van der Waals surface area contributed by atoms with Gasteiger partial charge < -0.3 is 9.47 Å². The lowest BCUT2D eigenvalue weighted by molar-refractivity contribution is 0.0881. The van der Waals surface area contributed by atoms with Gasteiger partial charge in [-0.3, -0.25) is 9.69 Å². The maximum Gasteiger partial charge on any atom is 0.232 e. The van der Waals surface area contributed by atoms with Gasteiger partial charge in [0.2, 0.25) is 5.78 Å². The molecule has 150 valence electrons.